The van der Waals surface area contributed by atoms with Gasteiger partial charge in [0.2, 0.25) is 0 Å². The van der Waals surface area contributed by atoms with Gasteiger partial charge in [0.05, 0.1) is 5.52 Å². The minimum Gasteiger partial charge on any atom is -0.383 e. The molecule has 0 saturated heterocycles. The first kappa shape index (κ1) is 17.7. The predicted molar refractivity (Wildman–Crippen MR) is 110 cm³/mol. The SMILES string of the molecule is Cc1ccc2nc(N3CCCc4cc(F)ccc4C3)cc(NCCN)c2c1. The van der Waals surface area contributed by atoms with Gasteiger partial charge in [-0.2, -0.15) is 0 Å². The summed E-state index contributed by atoms with van der Waals surface area (Å²) in [5.41, 5.74) is 11.2. The van der Waals surface area contributed by atoms with E-state index in [4.69, 9.17) is 10.7 Å². The van der Waals surface area contributed by atoms with E-state index in [0.717, 1.165) is 53.9 Å². The maximum atomic E-state index is 13.6. The lowest BCUT2D eigenvalue weighted by atomic mass is 10.0. The monoisotopic (exact) mass is 364 g/mol. The number of anilines is 2. The number of halogens is 1. The Hall–Kier alpha value is -2.66. The summed E-state index contributed by atoms with van der Waals surface area (Å²) in [5, 5.41) is 4.56. The fourth-order valence-corrected chi connectivity index (χ4v) is 3.76. The number of nitrogens with zero attached hydrogens (tertiary/aromatic N) is 2. The Bertz CT molecular complexity index is 970. The molecule has 1 aliphatic heterocycles. The average molecular weight is 364 g/mol. The second kappa shape index (κ2) is 7.53. The van der Waals surface area contributed by atoms with Gasteiger partial charge in [-0.3, -0.25) is 0 Å². The summed E-state index contributed by atoms with van der Waals surface area (Å²) < 4.78 is 13.6. The van der Waals surface area contributed by atoms with Gasteiger partial charge in [-0.25, -0.2) is 9.37 Å². The average Bonchev–Trinajstić information content (AvgIpc) is 2.88. The molecular formula is C22H25FN4. The third-order valence-corrected chi connectivity index (χ3v) is 5.14. The third-order valence-electron chi connectivity index (χ3n) is 5.14. The molecule has 0 saturated carbocycles. The number of hydrogen-bond donors (Lipinski definition) is 2. The van der Waals surface area contributed by atoms with E-state index in [1.165, 1.54) is 11.1 Å². The highest BCUT2D eigenvalue weighted by Gasteiger charge is 2.18. The molecule has 27 heavy (non-hydrogen) atoms. The fraction of sp³-hybridized carbons (Fsp3) is 0.318. The van der Waals surface area contributed by atoms with Crippen LogP contribution in [-0.2, 0) is 13.0 Å². The Balaban J connectivity index is 1.74. The molecular weight excluding hydrogens is 339 g/mol. The number of pyridine rings is 1. The van der Waals surface area contributed by atoms with Gasteiger partial charge >= 0.3 is 0 Å². The second-order valence-corrected chi connectivity index (χ2v) is 7.20. The van der Waals surface area contributed by atoms with Crippen molar-refractivity contribution in [1.82, 2.24) is 4.98 Å². The van der Waals surface area contributed by atoms with E-state index in [-0.39, 0.29) is 5.82 Å². The topological polar surface area (TPSA) is 54.2 Å². The molecule has 0 atom stereocenters. The number of aryl methyl sites for hydroxylation is 2. The van der Waals surface area contributed by atoms with E-state index in [1.54, 1.807) is 12.1 Å². The Labute approximate surface area is 159 Å². The van der Waals surface area contributed by atoms with E-state index in [0.29, 0.717) is 13.1 Å². The van der Waals surface area contributed by atoms with Crippen LogP contribution in [0.3, 0.4) is 0 Å². The van der Waals surface area contributed by atoms with Gasteiger partial charge in [-0.15, -0.1) is 0 Å². The van der Waals surface area contributed by atoms with Crippen molar-refractivity contribution in [2.75, 3.05) is 29.9 Å². The number of hydrogen-bond acceptors (Lipinski definition) is 4. The second-order valence-electron chi connectivity index (χ2n) is 7.20. The van der Waals surface area contributed by atoms with E-state index in [2.05, 4.69) is 41.4 Å². The Morgan fingerprint density at radius 2 is 2.04 bits per heavy atom. The van der Waals surface area contributed by atoms with Crippen molar-refractivity contribution in [3.8, 4) is 0 Å². The molecule has 2 heterocycles. The largest absolute Gasteiger partial charge is 0.383 e. The lowest BCUT2D eigenvalue weighted by Crippen LogP contribution is -2.24. The molecule has 2 aromatic carbocycles. The Morgan fingerprint density at radius 1 is 1.15 bits per heavy atom. The van der Waals surface area contributed by atoms with Crippen LogP contribution < -0.4 is 16.0 Å². The van der Waals surface area contributed by atoms with Crippen LogP contribution in [0.2, 0.25) is 0 Å². The highest BCUT2D eigenvalue weighted by atomic mass is 19.1. The molecule has 1 aliphatic rings. The maximum absolute atomic E-state index is 13.6. The van der Waals surface area contributed by atoms with E-state index >= 15 is 0 Å². The molecule has 0 spiro atoms. The van der Waals surface area contributed by atoms with Crippen molar-refractivity contribution in [2.24, 2.45) is 5.73 Å². The van der Waals surface area contributed by atoms with Gasteiger partial charge in [-0.05, 0) is 55.2 Å². The summed E-state index contributed by atoms with van der Waals surface area (Å²) in [6, 6.07) is 13.6. The molecule has 1 aromatic heterocycles. The van der Waals surface area contributed by atoms with Crippen LogP contribution in [0.1, 0.15) is 23.1 Å². The van der Waals surface area contributed by atoms with Gasteiger partial charge < -0.3 is 16.0 Å². The zero-order chi connectivity index (χ0) is 18.8. The molecule has 140 valence electrons. The summed E-state index contributed by atoms with van der Waals surface area (Å²) in [4.78, 5) is 7.21. The smallest absolute Gasteiger partial charge is 0.131 e. The third kappa shape index (κ3) is 3.74. The van der Waals surface area contributed by atoms with Crippen molar-refractivity contribution in [3.05, 3.63) is 65.0 Å². The number of nitrogens with two attached hydrogens (primary N) is 1. The molecule has 0 radical (unpaired) electrons. The van der Waals surface area contributed by atoms with Crippen molar-refractivity contribution >= 4 is 22.4 Å². The van der Waals surface area contributed by atoms with Crippen LogP contribution in [0.4, 0.5) is 15.9 Å². The van der Waals surface area contributed by atoms with Gasteiger partial charge in [0.1, 0.15) is 11.6 Å². The molecule has 0 amide bonds. The molecule has 0 aliphatic carbocycles. The van der Waals surface area contributed by atoms with Crippen LogP contribution in [0.5, 0.6) is 0 Å². The lowest BCUT2D eigenvalue weighted by molar-refractivity contribution is 0.624. The summed E-state index contributed by atoms with van der Waals surface area (Å²) >= 11 is 0. The fourth-order valence-electron chi connectivity index (χ4n) is 3.76. The first-order valence-corrected chi connectivity index (χ1v) is 9.51. The van der Waals surface area contributed by atoms with Gasteiger partial charge in [0.15, 0.2) is 0 Å². The number of rotatable bonds is 4. The molecule has 3 aromatic rings. The normalized spacial score (nSPS) is 14.1. The molecule has 0 fully saturated rings. The number of nitrogens with one attached hydrogen (secondary N) is 1. The van der Waals surface area contributed by atoms with Crippen LogP contribution >= 0.6 is 0 Å². The summed E-state index contributed by atoms with van der Waals surface area (Å²) in [6.07, 6.45) is 1.88. The number of benzene rings is 2. The Morgan fingerprint density at radius 3 is 2.89 bits per heavy atom. The van der Waals surface area contributed by atoms with Crippen LogP contribution in [0, 0.1) is 12.7 Å². The Kier molecular flexibility index (Phi) is 4.94. The van der Waals surface area contributed by atoms with Crippen LogP contribution in [-0.4, -0.2) is 24.6 Å². The summed E-state index contributed by atoms with van der Waals surface area (Å²) in [6.45, 7) is 5.03. The zero-order valence-corrected chi connectivity index (χ0v) is 15.6. The first-order chi connectivity index (χ1) is 13.1. The van der Waals surface area contributed by atoms with E-state index in [9.17, 15) is 4.39 Å². The van der Waals surface area contributed by atoms with Crippen LogP contribution in [0.25, 0.3) is 10.9 Å². The minimum atomic E-state index is -0.158. The van der Waals surface area contributed by atoms with Gasteiger partial charge in [0, 0.05) is 43.3 Å². The van der Waals surface area contributed by atoms with E-state index < -0.39 is 0 Å². The first-order valence-electron chi connectivity index (χ1n) is 9.51. The van der Waals surface area contributed by atoms with Crippen molar-refractivity contribution in [3.63, 3.8) is 0 Å². The van der Waals surface area contributed by atoms with Crippen molar-refractivity contribution in [2.45, 2.75) is 26.3 Å². The highest BCUT2D eigenvalue weighted by Crippen LogP contribution is 2.30. The lowest BCUT2D eigenvalue weighted by Gasteiger charge is -2.24. The minimum absolute atomic E-state index is 0.158. The maximum Gasteiger partial charge on any atom is 0.131 e. The quantitative estimate of drug-likeness (QED) is 0.735. The summed E-state index contributed by atoms with van der Waals surface area (Å²) in [7, 11) is 0. The van der Waals surface area contributed by atoms with Gasteiger partial charge in [0.25, 0.3) is 0 Å². The molecule has 0 unspecified atom stereocenters. The highest BCUT2D eigenvalue weighted by molar-refractivity contribution is 5.93. The van der Waals surface area contributed by atoms with Crippen molar-refractivity contribution < 1.29 is 4.39 Å². The molecule has 0 bridgehead atoms. The molecule has 4 nitrogen and oxygen atoms in total. The standard InChI is InChI=1S/C22H25FN4/c1-15-4-7-20-19(11-15)21(25-9-8-24)13-22(26-20)27-10-2-3-16-12-18(23)6-5-17(16)14-27/h4-7,11-13H,2-3,8-10,14,24H2,1H3,(H,25,26). The zero-order valence-electron chi connectivity index (χ0n) is 15.6. The molecule has 3 N–H and O–H groups in total. The van der Waals surface area contributed by atoms with Crippen LogP contribution in [0.15, 0.2) is 42.5 Å². The van der Waals surface area contributed by atoms with Gasteiger partial charge in [-0.1, -0.05) is 17.7 Å². The predicted octanol–water partition coefficient (Wildman–Crippen LogP) is 4.01. The summed E-state index contributed by atoms with van der Waals surface area (Å²) in [5.74, 6) is 0.790. The van der Waals surface area contributed by atoms with E-state index in [1.807, 2.05) is 6.07 Å². The molecule has 5 heteroatoms. The molecule has 4 rings (SSSR count). The number of aromatic nitrogens is 1. The number of fused-ring (bicyclic) bond motifs is 2. The van der Waals surface area contributed by atoms with Crippen molar-refractivity contribution in [1.29, 1.82) is 0 Å².